The van der Waals surface area contributed by atoms with Gasteiger partial charge in [-0.3, -0.25) is 9.59 Å². The van der Waals surface area contributed by atoms with Crippen LogP contribution in [0.5, 0.6) is 5.75 Å². The average Bonchev–Trinajstić information content (AvgIpc) is 3.23. The van der Waals surface area contributed by atoms with Gasteiger partial charge in [0.2, 0.25) is 0 Å². The lowest BCUT2D eigenvalue weighted by atomic mass is 9.98. The predicted molar refractivity (Wildman–Crippen MR) is 267 cm³/mol. The smallest absolute Gasteiger partial charge is 0.343 e. The highest BCUT2D eigenvalue weighted by atomic mass is 16.5. The van der Waals surface area contributed by atoms with Gasteiger partial charge in [0.1, 0.15) is 5.75 Å². The molecule has 0 aliphatic heterocycles. The SMILES string of the molecule is C.C.Cc1ccc(C(=O)c2ccc(C)c(C)c2)cc1.Cc1ccc(C)c(C)c1.Cc1cccc(C(=O)c2ccc(C)c(C)c2)c1.Cc1cccc(OC(=O)c2ccc(C)c(C)c2)c1. The fourth-order valence-corrected chi connectivity index (χ4v) is 6.19. The summed E-state index contributed by atoms with van der Waals surface area (Å²) in [5, 5.41) is 0. The molecule has 0 N–H and O–H groups in total. The fourth-order valence-electron chi connectivity index (χ4n) is 6.19. The minimum atomic E-state index is -0.316. The Balaban J connectivity index is 0.000000293. The molecular formula is C59H68O4. The molecule has 63 heavy (non-hydrogen) atoms. The molecule has 0 heterocycles. The van der Waals surface area contributed by atoms with Crippen LogP contribution < -0.4 is 4.74 Å². The Bertz CT molecular complexity index is 2630. The number of carbonyl (C=O) groups is 3. The van der Waals surface area contributed by atoms with Crippen molar-refractivity contribution in [3.63, 3.8) is 0 Å². The molecule has 0 bridgehead atoms. The van der Waals surface area contributed by atoms with E-state index in [1.165, 1.54) is 38.9 Å². The molecule has 0 radical (unpaired) electrons. The molecule has 0 unspecified atom stereocenters. The number of benzene rings is 7. The van der Waals surface area contributed by atoms with E-state index in [4.69, 9.17) is 4.74 Å². The predicted octanol–water partition coefficient (Wildman–Crippen LogP) is 15.4. The van der Waals surface area contributed by atoms with Crippen molar-refractivity contribution < 1.29 is 19.1 Å². The van der Waals surface area contributed by atoms with Gasteiger partial charge in [-0.1, -0.05) is 135 Å². The van der Waals surface area contributed by atoms with Gasteiger partial charge in [-0.2, -0.15) is 0 Å². The molecule has 0 atom stereocenters. The largest absolute Gasteiger partial charge is 0.423 e. The third-order valence-corrected chi connectivity index (χ3v) is 10.7. The zero-order chi connectivity index (χ0) is 44.8. The van der Waals surface area contributed by atoms with Crippen LogP contribution in [-0.2, 0) is 0 Å². The van der Waals surface area contributed by atoms with Crippen molar-refractivity contribution in [1.29, 1.82) is 0 Å². The molecule has 328 valence electrons. The third-order valence-electron chi connectivity index (χ3n) is 10.7. The van der Waals surface area contributed by atoms with Crippen LogP contribution in [-0.4, -0.2) is 17.5 Å². The standard InChI is InChI=1S/C16H16O2.2C16H16O.C9H12.2CH4/c1-11-5-4-6-15(9-11)18-16(17)14-8-7-12(2)13(3)10-14;1-11-4-7-14(8-5-11)16(17)15-9-6-12(2)13(3)10-15;1-11-5-4-6-14(9-11)16(17)15-8-7-12(2)13(3)10-15;1-7-4-5-8(2)9(3)6-7;;/h4-10H,1-3H3;2*4-10H,1-3H3;4-6H,1-3H3;2*1H4. The molecule has 0 spiro atoms. The second kappa shape index (κ2) is 24.7. The van der Waals surface area contributed by atoms with Crippen LogP contribution in [0.3, 0.4) is 0 Å². The van der Waals surface area contributed by atoms with Crippen LogP contribution in [0.1, 0.15) is 124 Å². The average molecular weight is 841 g/mol. The highest BCUT2D eigenvalue weighted by Crippen LogP contribution is 2.18. The number of rotatable bonds is 6. The zero-order valence-electron chi connectivity index (χ0n) is 38.0. The molecule has 4 nitrogen and oxygen atoms in total. The molecule has 0 saturated heterocycles. The summed E-state index contributed by atoms with van der Waals surface area (Å²) in [7, 11) is 0. The third kappa shape index (κ3) is 16.0. The van der Waals surface area contributed by atoms with E-state index in [0.29, 0.717) is 11.3 Å². The number of ether oxygens (including phenoxy) is 1. The van der Waals surface area contributed by atoms with Gasteiger partial charge in [-0.25, -0.2) is 4.79 Å². The molecule has 0 fully saturated rings. The number of ketones is 2. The van der Waals surface area contributed by atoms with E-state index in [1.54, 1.807) is 12.1 Å². The molecule has 0 aliphatic carbocycles. The maximum atomic E-state index is 12.3. The van der Waals surface area contributed by atoms with E-state index in [1.807, 2.05) is 164 Å². The summed E-state index contributed by atoms with van der Waals surface area (Å²) in [5.41, 5.74) is 18.1. The Labute approximate surface area is 379 Å². The first-order valence-corrected chi connectivity index (χ1v) is 20.7. The van der Waals surface area contributed by atoms with Crippen molar-refractivity contribution in [1.82, 2.24) is 0 Å². The molecule has 0 amide bonds. The number of hydrogen-bond acceptors (Lipinski definition) is 4. The summed E-state index contributed by atoms with van der Waals surface area (Å²) in [6, 6.07) is 46.7. The molecule has 0 saturated carbocycles. The topological polar surface area (TPSA) is 60.4 Å². The molecule has 0 aromatic heterocycles. The van der Waals surface area contributed by atoms with E-state index in [0.717, 1.165) is 50.1 Å². The summed E-state index contributed by atoms with van der Waals surface area (Å²) in [6.07, 6.45) is 0. The summed E-state index contributed by atoms with van der Waals surface area (Å²) in [4.78, 5) is 36.4. The molecule has 7 aromatic carbocycles. The minimum absolute atomic E-state index is 0. The van der Waals surface area contributed by atoms with Crippen LogP contribution in [0.25, 0.3) is 0 Å². The van der Waals surface area contributed by atoms with Crippen molar-refractivity contribution in [3.8, 4) is 5.75 Å². The van der Waals surface area contributed by atoms with Crippen molar-refractivity contribution >= 4 is 17.5 Å². The first-order chi connectivity index (χ1) is 28.9. The van der Waals surface area contributed by atoms with E-state index in [9.17, 15) is 14.4 Å². The highest BCUT2D eigenvalue weighted by Gasteiger charge is 2.12. The Kier molecular flexibility index (Phi) is 20.6. The van der Waals surface area contributed by atoms with E-state index in [-0.39, 0.29) is 32.4 Å². The van der Waals surface area contributed by atoms with Crippen LogP contribution in [0.15, 0.2) is 146 Å². The van der Waals surface area contributed by atoms with Crippen LogP contribution in [0.4, 0.5) is 0 Å². The Morgan fingerprint density at radius 3 is 1.10 bits per heavy atom. The Hall–Kier alpha value is -6.65. The molecule has 7 aromatic rings. The maximum absolute atomic E-state index is 12.3. The van der Waals surface area contributed by atoms with Gasteiger partial charge in [0.05, 0.1) is 5.56 Å². The van der Waals surface area contributed by atoms with Crippen LogP contribution in [0.2, 0.25) is 0 Å². The van der Waals surface area contributed by atoms with Crippen LogP contribution >= 0.6 is 0 Å². The first-order valence-electron chi connectivity index (χ1n) is 20.7. The normalized spacial score (nSPS) is 9.84. The van der Waals surface area contributed by atoms with Crippen LogP contribution in [0, 0.1) is 83.1 Å². The maximum Gasteiger partial charge on any atom is 0.343 e. The van der Waals surface area contributed by atoms with Gasteiger partial charge >= 0.3 is 5.97 Å². The lowest BCUT2D eigenvalue weighted by Crippen LogP contribution is -2.08. The first kappa shape index (κ1) is 52.5. The summed E-state index contributed by atoms with van der Waals surface area (Å²) >= 11 is 0. The fraction of sp³-hybridized carbons (Fsp3) is 0.237. The summed E-state index contributed by atoms with van der Waals surface area (Å²) in [6.45, 7) is 24.5. The number of hydrogen-bond donors (Lipinski definition) is 0. The van der Waals surface area contributed by atoms with E-state index >= 15 is 0 Å². The second-order valence-electron chi connectivity index (χ2n) is 16.1. The molecule has 0 aliphatic rings. The van der Waals surface area contributed by atoms with Crippen molar-refractivity contribution in [2.24, 2.45) is 0 Å². The van der Waals surface area contributed by atoms with E-state index in [2.05, 4.69) is 52.8 Å². The van der Waals surface area contributed by atoms with E-state index < -0.39 is 0 Å². The summed E-state index contributed by atoms with van der Waals surface area (Å²) < 4.78 is 5.34. The van der Waals surface area contributed by atoms with Gasteiger partial charge in [-0.05, 0) is 176 Å². The Morgan fingerprint density at radius 2 is 0.651 bits per heavy atom. The quantitative estimate of drug-likeness (QED) is 0.0951. The Morgan fingerprint density at radius 1 is 0.302 bits per heavy atom. The lowest BCUT2D eigenvalue weighted by molar-refractivity contribution is 0.0734. The highest BCUT2D eigenvalue weighted by molar-refractivity contribution is 6.09. The van der Waals surface area contributed by atoms with Gasteiger partial charge in [0.15, 0.2) is 11.6 Å². The monoisotopic (exact) mass is 841 g/mol. The molecule has 4 heteroatoms. The number of carbonyl (C=O) groups excluding carboxylic acids is 3. The second-order valence-corrected chi connectivity index (χ2v) is 16.1. The van der Waals surface area contributed by atoms with Gasteiger partial charge in [-0.15, -0.1) is 0 Å². The van der Waals surface area contributed by atoms with Gasteiger partial charge in [0, 0.05) is 22.3 Å². The van der Waals surface area contributed by atoms with Crippen molar-refractivity contribution in [3.05, 3.63) is 240 Å². The zero-order valence-corrected chi connectivity index (χ0v) is 38.0. The molecule has 7 rings (SSSR count). The van der Waals surface area contributed by atoms with Gasteiger partial charge < -0.3 is 4.74 Å². The van der Waals surface area contributed by atoms with Crippen molar-refractivity contribution in [2.75, 3.05) is 0 Å². The molecular weight excluding hydrogens is 773 g/mol. The number of esters is 1. The van der Waals surface area contributed by atoms with Crippen molar-refractivity contribution in [2.45, 2.75) is 97.9 Å². The van der Waals surface area contributed by atoms with Gasteiger partial charge in [0.25, 0.3) is 0 Å². The minimum Gasteiger partial charge on any atom is -0.423 e. The summed E-state index contributed by atoms with van der Waals surface area (Å²) in [5.74, 6) is 0.451. The number of aryl methyl sites for hydroxylation is 12. The lowest BCUT2D eigenvalue weighted by Gasteiger charge is -2.06.